The molecule has 4 nitrogen and oxygen atoms in total. The summed E-state index contributed by atoms with van der Waals surface area (Å²) in [6.07, 6.45) is 1.06. The van der Waals surface area contributed by atoms with Crippen LogP contribution in [0.4, 0.5) is 87.8 Å². The first-order valence-electron chi connectivity index (χ1n) is 18.3. The first kappa shape index (κ1) is 48.2. The molecule has 0 spiro atoms. The van der Waals surface area contributed by atoms with Gasteiger partial charge in [0.25, 0.3) is 0 Å². The van der Waals surface area contributed by atoms with Crippen LogP contribution in [0.1, 0.15) is 33.9 Å². The van der Waals surface area contributed by atoms with E-state index in [4.69, 9.17) is 0 Å². The summed E-state index contributed by atoms with van der Waals surface area (Å²) in [5.41, 5.74) is -17.1. The molecule has 8 bridgehead atoms. The Morgan fingerprint density at radius 1 is 0.275 bits per heavy atom. The largest absolute Gasteiger partial charge is 0.355 e. The molecule has 25 heteroatoms. The van der Waals surface area contributed by atoms with Crippen molar-refractivity contribution in [3.8, 4) is 22.3 Å². The van der Waals surface area contributed by atoms with E-state index in [0.29, 0.717) is 48.6 Å². The average molecular weight is 1170 g/mol. The van der Waals surface area contributed by atoms with E-state index in [-0.39, 0.29) is 21.1 Å². The van der Waals surface area contributed by atoms with E-state index in [0.717, 1.165) is 0 Å². The summed E-state index contributed by atoms with van der Waals surface area (Å²) in [6, 6.07) is 3.63. The van der Waals surface area contributed by atoms with E-state index >= 15 is 35.1 Å². The average Bonchev–Trinajstić information content (AvgIpc) is 4.10. The molecule has 4 aromatic carbocycles. The molecule has 2 N–H and O–H groups in total. The Morgan fingerprint density at radius 2 is 0.536 bits per heavy atom. The van der Waals surface area contributed by atoms with Crippen molar-refractivity contribution < 1.29 is 109 Å². The van der Waals surface area contributed by atoms with E-state index in [1.807, 2.05) is 0 Å². The van der Waals surface area contributed by atoms with Gasteiger partial charge in [-0.2, -0.15) is 0 Å². The van der Waals surface area contributed by atoms with Crippen molar-refractivity contribution in [1.82, 2.24) is 19.9 Å². The molecule has 2 aliphatic heterocycles. The minimum absolute atomic E-state index is 0. The zero-order chi connectivity index (χ0) is 49.3. The summed E-state index contributed by atoms with van der Waals surface area (Å²) >= 11 is 0. The number of H-pyrrole nitrogens is 2. The van der Waals surface area contributed by atoms with Gasteiger partial charge in [-0.15, -0.1) is 0 Å². The summed E-state index contributed by atoms with van der Waals surface area (Å²) in [5, 5.41) is 0. The molecule has 3 aromatic heterocycles. The second-order valence-corrected chi connectivity index (χ2v) is 14.4. The first-order chi connectivity index (χ1) is 32.0. The third-order valence-corrected chi connectivity index (χ3v) is 10.5. The Kier molecular flexibility index (Phi) is 11.9. The molecule has 356 valence electrons. The molecule has 0 radical (unpaired) electrons. The molecule has 69 heavy (non-hydrogen) atoms. The molecule has 0 fully saturated rings. The fraction of sp³-hybridized carbons (Fsp3) is 0. The Morgan fingerprint density at radius 3 is 0.884 bits per heavy atom. The van der Waals surface area contributed by atoms with Gasteiger partial charge >= 0.3 is 0 Å². The molecule has 0 unspecified atom stereocenters. The van der Waals surface area contributed by atoms with E-state index in [1.54, 1.807) is 0 Å². The molecule has 2 aliphatic rings. The quantitative estimate of drug-likeness (QED) is 0.105. The summed E-state index contributed by atoms with van der Waals surface area (Å²) in [7, 11) is 0. The van der Waals surface area contributed by atoms with E-state index < -0.39 is 206 Å². The number of nitrogens with zero attached hydrogens (tertiary/aromatic N) is 2. The molecule has 0 saturated carbocycles. The monoisotopic (exact) mass is 1170 g/mol. The van der Waals surface area contributed by atoms with Gasteiger partial charge in [0.2, 0.25) is 23.3 Å². The fourth-order valence-electron chi connectivity index (χ4n) is 7.41. The summed E-state index contributed by atoms with van der Waals surface area (Å²) in [6.45, 7) is 0. The van der Waals surface area contributed by atoms with Gasteiger partial charge in [-0.1, -0.05) is 0 Å². The van der Waals surface area contributed by atoms with Gasteiger partial charge < -0.3 is 9.97 Å². The number of aromatic amines is 2. The van der Waals surface area contributed by atoms with E-state index in [9.17, 15) is 52.7 Å². The van der Waals surface area contributed by atoms with Gasteiger partial charge in [0.05, 0.1) is 45.0 Å². The number of hydrogen-bond donors (Lipinski definition) is 2. The number of nitrogens with one attached hydrogen (secondary N) is 2. The topological polar surface area (TPSA) is 57.4 Å². The van der Waals surface area contributed by atoms with Gasteiger partial charge in [-0.25, -0.2) is 97.8 Å². The molecule has 9 rings (SSSR count). The van der Waals surface area contributed by atoms with Crippen LogP contribution >= 0.6 is 0 Å². The summed E-state index contributed by atoms with van der Waals surface area (Å²) in [5.74, 6) is -50.6. The Labute approximate surface area is 382 Å². The van der Waals surface area contributed by atoms with Gasteiger partial charge in [0, 0.05) is 65.4 Å². The van der Waals surface area contributed by atoms with Crippen molar-refractivity contribution in [3.05, 3.63) is 187 Å². The van der Waals surface area contributed by atoms with Crippen LogP contribution in [0, 0.1) is 116 Å². The Bertz CT molecular complexity index is 3590. The number of fused-ring (bicyclic) bond motifs is 8. The molecule has 7 aromatic rings. The Hall–Kier alpha value is -7.23. The fourth-order valence-corrected chi connectivity index (χ4v) is 7.41. The van der Waals surface area contributed by atoms with Crippen molar-refractivity contribution in [3.63, 3.8) is 0 Å². The second-order valence-electron chi connectivity index (χ2n) is 14.4. The smallest absolute Gasteiger partial charge is 0.200 e. The maximum atomic E-state index is 15.4. The molecule has 0 aliphatic carbocycles. The first-order valence-corrected chi connectivity index (χ1v) is 18.3. The molecular formula is C44H10F20N4Pt. The molecule has 5 heterocycles. The molecule has 0 amide bonds. The van der Waals surface area contributed by atoms with E-state index in [2.05, 4.69) is 19.9 Å². The minimum Gasteiger partial charge on any atom is -0.355 e. The number of hydrogen-bond acceptors (Lipinski definition) is 2. The molecular weight excluding hydrogens is 1160 g/mol. The van der Waals surface area contributed by atoms with Crippen molar-refractivity contribution in [1.29, 1.82) is 0 Å². The van der Waals surface area contributed by atoms with Crippen LogP contribution in [0.25, 0.3) is 67.6 Å². The Balaban J connectivity index is 0.00000642. The minimum atomic E-state index is -2.64. The third-order valence-electron chi connectivity index (χ3n) is 10.5. The van der Waals surface area contributed by atoms with Crippen molar-refractivity contribution in [2.75, 3.05) is 0 Å². The van der Waals surface area contributed by atoms with Gasteiger partial charge in [-0.05, 0) is 48.6 Å². The van der Waals surface area contributed by atoms with Crippen molar-refractivity contribution in [2.24, 2.45) is 0 Å². The SMILES string of the molecule is Fc1c(F)c(F)c(C2=Cc3cc4[nH]c(cc4-c4c(F)c(F)c(F)c(F)c4F)cc4[nH]c(cc5nc(cc2n3)C=C5c2c(F)c(F)c(F)c(F)c2F)cc4-c2c(F)c(F)c(F)c(F)c2F)c(F)c1F.[Pt]. The number of rotatable bonds is 4. The zero-order valence-corrected chi connectivity index (χ0v) is 34.7. The van der Waals surface area contributed by atoms with Crippen LogP contribution in [0.5, 0.6) is 0 Å². The molecule has 0 atom stereocenters. The second kappa shape index (κ2) is 17.1. The number of benzene rings is 4. The molecule has 0 saturated heterocycles. The van der Waals surface area contributed by atoms with Crippen LogP contribution in [0.15, 0.2) is 36.4 Å². The van der Waals surface area contributed by atoms with Crippen LogP contribution in [-0.2, 0) is 21.1 Å². The van der Waals surface area contributed by atoms with Gasteiger partial charge in [0.1, 0.15) is 0 Å². The van der Waals surface area contributed by atoms with Crippen molar-refractivity contribution >= 4 is 45.4 Å². The van der Waals surface area contributed by atoms with Crippen LogP contribution in [0.3, 0.4) is 0 Å². The predicted molar refractivity (Wildman–Crippen MR) is 198 cm³/mol. The summed E-state index contributed by atoms with van der Waals surface area (Å²) < 4.78 is 297. The van der Waals surface area contributed by atoms with Crippen LogP contribution in [-0.4, -0.2) is 19.9 Å². The summed E-state index contributed by atoms with van der Waals surface area (Å²) in [4.78, 5) is 12.8. The third kappa shape index (κ3) is 7.37. The van der Waals surface area contributed by atoms with Gasteiger partial charge in [0.15, 0.2) is 93.1 Å². The normalized spacial score (nSPS) is 12.4. The van der Waals surface area contributed by atoms with Crippen molar-refractivity contribution in [2.45, 2.75) is 0 Å². The number of halogens is 20. The maximum Gasteiger partial charge on any atom is 0.200 e. The van der Waals surface area contributed by atoms with Crippen LogP contribution < -0.4 is 0 Å². The zero-order valence-electron chi connectivity index (χ0n) is 32.4. The van der Waals surface area contributed by atoms with Crippen LogP contribution in [0.2, 0.25) is 0 Å². The number of aromatic nitrogens is 4. The van der Waals surface area contributed by atoms with Gasteiger partial charge in [-0.3, -0.25) is 0 Å². The van der Waals surface area contributed by atoms with E-state index in [1.165, 1.54) is 0 Å². The predicted octanol–water partition coefficient (Wildman–Crippen LogP) is 13.6. The maximum absolute atomic E-state index is 15.4. The standard InChI is InChI=1S/C44H10F20N4.Pt/c45-25-21(26(46)34(54)41(61)33(25)53)13-1-9-5-18-14(22-27(47)35(55)42(62)36(56)28(22)48)3-11(66-18)7-20-16(24-31(51)39(59)44(64)40(60)32(24)52)4-12(68-20)8-19-15(2-10(67-19)6-17(13)65-9)23-29(49)37(57)43(63)38(58)30(23)50;/h1-8,65-66H;.